The van der Waals surface area contributed by atoms with Crippen LogP contribution in [0.25, 0.3) is 0 Å². The number of carboxylic acid groups (broad SMARTS) is 5. The molecule has 0 aliphatic rings. The van der Waals surface area contributed by atoms with Crippen LogP contribution in [0.4, 0.5) is 0 Å². The fourth-order valence-electron chi connectivity index (χ4n) is 0.324. The van der Waals surface area contributed by atoms with Crippen molar-refractivity contribution in [2.45, 2.75) is 53.8 Å². The third-order valence-electron chi connectivity index (χ3n) is 1.11. The Labute approximate surface area is 201 Å². The average Bonchev–Trinajstić information content (AvgIpc) is 2.63. The van der Waals surface area contributed by atoms with Gasteiger partial charge in [0.25, 0.3) is 29.8 Å². The Balaban J connectivity index is -0.0000000540. The average molecular weight is 526 g/mol. The van der Waals surface area contributed by atoms with Crippen LogP contribution in [-0.2, 0) is 33.5 Å². The van der Waals surface area contributed by atoms with Crippen molar-refractivity contribution in [2.24, 2.45) is 0 Å². The van der Waals surface area contributed by atoms with Gasteiger partial charge in [0.1, 0.15) is 18.8 Å². The number of rotatable bonds is 5. The van der Waals surface area contributed by atoms with Crippen molar-refractivity contribution in [3.8, 4) is 0 Å². The number of esters is 1. The van der Waals surface area contributed by atoms with E-state index in [0.29, 0.717) is 0 Å². The molecule has 0 amide bonds. The molecule has 212 valence electrons. The third-order valence-corrected chi connectivity index (χ3v) is 1.11. The van der Waals surface area contributed by atoms with Gasteiger partial charge < -0.3 is 55.8 Å². The predicted octanol–water partition coefficient (Wildman–Crippen LogP) is -2.31. The first-order valence-corrected chi connectivity index (χ1v) is 8.93. The Morgan fingerprint density at radius 3 is 0.771 bits per heavy atom. The van der Waals surface area contributed by atoms with Crippen LogP contribution in [0.5, 0.6) is 0 Å². The number of hydrogen-bond acceptors (Lipinski definition) is 12. The molecule has 0 saturated heterocycles. The van der Waals surface area contributed by atoms with E-state index in [1.165, 1.54) is 6.92 Å². The van der Waals surface area contributed by atoms with Gasteiger partial charge in [-0.2, -0.15) is 0 Å². The van der Waals surface area contributed by atoms with Gasteiger partial charge in [-0.1, -0.05) is 0 Å². The minimum atomic E-state index is -0.954. The number of hydrogen-bond donors (Lipinski definition) is 10. The summed E-state index contributed by atoms with van der Waals surface area (Å²) in [5, 5.41) is 77.9. The highest BCUT2D eigenvalue weighted by atomic mass is 16.5. The molecular formula is C18H38O17. The lowest BCUT2D eigenvalue weighted by molar-refractivity contribution is -0.144. The van der Waals surface area contributed by atoms with Crippen LogP contribution >= 0.6 is 0 Å². The molecule has 0 rings (SSSR count). The second-order valence-electron chi connectivity index (χ2n) is 5.25. The number of aliphatic carboxylic acids is 5. The van der Waals surface area contributed by atoms with Crippen LogP contribution in [0, 0.1) is 0 Å². The highest BCUT2D eigenvalue weighted by molar-refractivity contribution is 5.66. The third kappa shape index (κ3) is 432. The maximum atomic E-state index is 10.0. The summed E-state index contributed by atoms with van der Waals surface area (Å²) < 4.78 is 4.35. The molecule has 0 saturated carbocycles. The smallest absolute Gasteiger partial charge is 0.302 e. The lowest BCUT2D eigenvalue weighted by Crippen LogP contribution is -2.20. The van der Waals surface area contributed by atoms with Crippen LogP contribution in [0.1, 0.15) is 41.5 Å². The van der Waals surface area contributed by atoms with Gasteiger partial charge in [-0.05, 0) is 0 Å². The molecule has 1 atom stereocenters. The second kappa shape index (κ2) is 40.9. The van der Waals surface area contributed by atoms with Crippen molar-refractivity contribution < 1.29 is 84.6 Å². The summed E-state index contributed by atoms with van der Waals surface area (Å²) in [7, 11) is 0. The van der Waals surface area contributed by atoms with Crippen LogP contribution in [-0.4, -0.2) is 126 Å². The highest BCUT2D eigenvalue weighted by Gasteiger charge is 2.02. The van der Waals surface area contributed by atoms with Crippen molar-refractivity contribution in [1.29, 1.82) is 0 Å². The Kier molecular flexibility index (Phi) is 57.2. The predicted molar refractivity (Wildman–Crippen MR) is 116 cm³/mol. The molecule has 0 bridgehead atoms. The monoisotopic (exact) mass is 526 g/mol. The molecule has 0 aromatic heterocycles. The van der Waals surface area contributed by atoms with Gasteiger partial charge >= 0.3 is 5.97 Å². The van der Waals surface area contributed by atoms with E-state index in [1.807, 2.05) is 0 Å². The zero-order chi connectivity index (χ0) is 30.2. The van der Waals surface area contributed by atoms with Gasteiger partial charge in [-0.3, -0.25) is 28.8 Å². The number of aliphatic hydroxyl groups is 5. The Bertz CT molecular complexity index is 439. The van der Waals surface area contributed by atoms with Crippen LogP contribution in [0.3, 0.4) is 0 Å². The molecule has 0 aliphatic carbocycles. The quantitative estimate of drug-likeness (QED) is 0.168. The fourth-order valence-corrected chi connectivity index (χ4v) is 0.324. The normalized spacial score (nSPS) is 8.57. The number of ether oxygens (including phenoxy) is 1. The molecule has 0 aromatic rings. The van der Waals surface area contributed by atoms with Crippen molar-refractivity contribution in [2.75, 3.05) is 26.4 Å². The lowest BCUT2D eigenvalue weighted by Gasteiger charge is -2.05. The number of carbonyl (C=O) groups excluding carboxylic acids is 1. The van der Waals surface area contributed by atoms with Gasteiger partial charge in [0.2, 0.25) is 0 Å². The first-order valence-electron chi connectivity index (χ1n) is 8.93. The molecule has 0 fully saturated rings. The largest absolute Gasteiger partial charge is 0.481 e. The van der Waals surface area contributed by atoms with Gasteiger partial charge in [-0.25, -0.2) is 0 Å². The van der Waals surface area contributed by atoms with Gasteiger partial charge in [0.15, 0.2) is 0 Å². The molecule has 1 unspecified atom stereocenters. The maximum absolute atomic E-state index is 10.0. The summed E-state index contributed by atoms with van der Waals surface area (Å²) in [5.41, 5.74) is 0. The molecule has 0 aromatic carbocycles. The topological polar surface area (TPSA) is 314 Å². The van der Waals surface area contributed by atoms with Crippen LogP contribution in [0.2, 0.25) is 0 Å². The van der Waals surface area contributed by atoms with E-state index >= 15 is 0 Å². The maximum Gasteiger partial charge on any atom is 0.302 e. The zero-order valence-corrected chi connectivity index (χ0v) is 20.3. The Hall–Kier alpha value is -3.38. The van der Waals surface area contributed by atoms with E-state index in [-0.39, 0.29) is 26.4 Å². The standard InChI is InChI=1S/C5H10O4.C3H8O3.5C2H4O2/c1-4(7)9-3-5(8)2-6;4-1-3(6)2-5;5*1-2(3)4/h5-6,8H,2-3H2,1H3;3-6H,1-2H2;5*1H3,(H,3,4). The lowest BCUT2D eigenvalue weighted by atomic mass is 10.4. The zero-order valence-electron chi connectivity index (χ0n) is 20.3. The van der Waals surface area contributed by atoms with Gasteiger partial charge in [0.05, 0.1) is 19.8 Å². The van der Waals surface area contributed by atoms with E-state index in [9.17, 15) is 4.79 Å². The molecule has 0 aliphatic heterocycles. The van der Waals surface area contributed by atoms with Crippen molar-refractivity contribution in [3.05, 3.63) is 0 Å². The summed E-state index contributed by atoms with van der Waals surface area (Å²) in [5.74, 6) is -4.62. The summed E-state index contributed by atoms with van der Waals surface area (Å²) in [6.07, 6.45) is -1.90. The van der Waals surface area contributed by atoms with Crippen molar-refractivity contribution in [3.63, 3.8) is 0 Å². The fraction of sp³-hybridized carbons (Fsp3) is 0.667. The minimum absolute atomic E-state index is 0.133. The van der Waals surface area contributed by atoms with E-state index in [2.05, 4.69) is 4.74 Å². The Morgan fingerprint density at radius 1 is 0.514 bits per heavy atom. The SMILES string of the molecule is CC(=O)O.CC(=O)O.CC(=O)O.CC(=O)O.CC(=O)O.CC(=O)OCC(O)CO.OCC(O)CO. The number of carbonyl (C=O) groups is 6. The van der Waals surface area contributed by atoms with Gasteiger partial charge in [-0.15, -0.1) is 0 Å². The molecule has 17 nitrogen and oxygen atoms in total. The molecule has 0 radical (unpaired) electrons. The Morgan fingerprint density at radius 2 is 0.686 bits per heavy atom. The molecule has 10 N–H and O–H groups in total. The van der Waals surface area contributed by atoms with E-state index < -0.39 is 48.0 Å². The summed E-state index contributed by atoms with van der Waals surface area (Å²) in [6, 6.07) is 0. The highest BCUT2D eigenvalue weighted by Crippen LogP contribution is 1.83. The minimum Gasteiger partial charge on any atom is -0.481 e. The number of aliphatic hydroxyl groups excluding tert-OH is 5. The summed E-state index contributed by atoms with van der Waals surface area (Å²) in [4.78, 5) is 55.0. The van der Waals surface area contributed by atoms with Crippen molar-refractivity contribution in [1.82, 2.24) is 0 Å². The van der Waals surface area contributed by atoms with Crippen molar-refractivity contribution >= 4 is 35.8 Å². The van der Waals surface area contributed by atoms with Gasteiger partial charge in [0, 0.05) is 41.5 Å². The number of carboxylic acids is 5. The summed E-state index contributed by atoms with van der Waals surface area (Å²) >= 11 is 0. The summed E-state index contributed by atoms with van der Waals surface area (Å²) in [6.45, 7) is 5.41. The molecule has 0 spiro atoms. The molecule has 0 heterocycles. The first kappa shape index (κ1) is 48.9. The van der Waals surface area contributed by atoms with E-state index in [4.69, 9.17) is 75.0 Å². The second-order valence-corrected chi connectivity index (χ2v) is 5.25. The van der Waals surface area contributed by atoms with Crippen LogP contribution < -0.4 is 0 Å². The van der Waals surface area contributed by atoms with E-state index in [0.717, 1.165) is 34.6 Å². The molecule has 17 heteroatoms. The molecule has 35 heavy (non-hydrogen) atoms. The first-order chi connectivity index (χ1) is 15.6. The van der Waals surface area contributed by atoms with E-state index in [1.54, 1.807) is 0 Å². The van der Waals surface area contributed by atoms with Crippen LogP contribution in [0.15, 0.2) is 0 Å². The molecular weight excluding hydrogens is 488 g/mol.